The Kier molecular flexibility index (Phi) is 11.0. The lowest BCUT2D eigenvalue weighted by molar-refractivity contribution is -0.155. The van der Waals surface area contributed by atoms with E-state index in [1.165, 1.54) is 4.90 Å². The molecule has 0 bridgehead atoms. The van der Waals surface area contributed by atoms with Crippen molar-refractivity contribution in [3.8, 4) is 5.75 Å². The van der Waals surface area contributed by atoms with Gasteiger partial charge in [0.25, 0.3) is 0 Å². The smallest absolute Gasteiger partial charge is 0.408 e. The Morgan fingerprint density at radius 1 is 0.900 bits per heavy atom. The maximum atomic E-state index is 13.3. The first kappa shape index (κ1) is 32.9. The summed E-state index contributed by atoms with van der Waals surface area (Å²) in [6.45, 7) is 17.8. The first-order valence-electron chi connectivity index (χ1n) is 13.6. The third-order valence-electron chi connectivity index (χ3n) is 6.95. The Hall–Kier alpha value is -3.33. The van der Waals surface area contributed by atoms with Crippen LogP contribution in [0.1, 0.15) is 59.6 Å². The van der Waals surface area contributed by atoms with Gasteiger partial charge in [-0.05, 0) is 69.1 Å². The van der Waals surface area contributed by atoms with Gasteiger partial charge in [-0.25, -0.2) is 9.59 Å². The fourth-order valence-corrected chi connectivity index (χ4v) is 4.60. The van der Waals surface area contributed by atoms with Gasteiger partial charge in [0, 0.05) is 13.5 Å². The summed E-state index contributed by atoms with van der Waals surface area (Å²) in [6.07, 6.45) is -0.475. The Morgan fingerprint density at radius 2 is 1.48 bits per heavy atom. The van der Waals surface area contributed by atoms with Gasteiger partial charge in [-0.3, -0.25) is 4.79 Å². The van der Waals surface area contributed by atoms with Crippen LogP contribution in [0.4, 0.5) is 4.79 Å². The quantitative estimate of drug-likeness (QED) is 0.274. The minimum absolute atomic E-state index is 0.0619. The number of ether oxygens (including phenoxy) is 2. The zero-order chi connectivity index (χ0) is 30.3. The molecule has 0 radical (unpaired) electrons. The van der Waals surface area contributed by atoms with Crippen LogP contribution in [0.3, 0.4) is 0 Å². The molecular weight excluding hydrogens is 524 g/mol. The Bertz CT molecular complexity index is 1140. The zero-order valence-electron chi connectivity index (χ0n) is 25.7. The highest BCUT2D eigenvalue weighted by atomic mass is 28.4. The van der Waals surface area contributed by atoms with Crippen molar-refractivity contribution in [3.05, 3.63) is 65.7 Å². The molecule has 0 aliphatic carbocycles. The first-order valence-corrected chi connectivity index (χ1v) is 16.5. The molecule has 2 atom stereocenters. The lowest BCUT2D eigenvalue weighted by atomic mass is 10.0. The van der Waals surface area contributed by atoms with E-state index in [9.17, 15) is 14.4 Å². The molecule has 0 aromatic heterocycles. The van der Waals surface area contributed by atoms with Crippen molar-refractivity contribution in [1.29, 1.82) is 0 Å². The van der Waals surface area contributed by atoms with Crippen LogP contribution in [0.15, 0.2) is 54.6 Å². The van der Waals surface area contributed by atoms with Crippen molar-refractivity contribution >= 4 is 26.3 Å². The molecule has 0 spiro atoms. The highest BCUT2D eigenvalue weighted by Crippen LogP contribution is 2.37. The van der Waals surface area contributed by atoms with Gasteiger partial charge in [0.2, 0.25) is 14.2 Å². The molecule has 0 fully saturated rings. The molecule has 8 nitrogen and oxygen atoms in total. The third-order valence-corrected chi connectivity index (χ3v) is 11.3. The topological polar surface area (TPSA) is 94.2 Å². The first-order chi connectivity index (χ1) is 18.4. The van der Waals surface area contributed by atoms with E-state index >= 15 is 0 Å². The highest BCUT2D eigenvalue weighted by molar-refractivity contribution is 6.74. The number of nitrogens with zero attached hydrogens (tertiary/aromatic N) is 1. The Labute approximate surface area is 240 Å². The second kappa shape index (κ2) is 13.3. The van der Waals surface area contributed by atoms with Crippen molar-refractivity contribution in [2.45, 2.75) is 97.3 Å². The summed E-state index contributed by atoms with van der Waals surface area (Å²) in [5, 5.41) is 2.62. The molecule has 0 saturated carbocycles. The minimum atomic E-state index is -2.00. The Morgan fingerprint density at radius 3 is 2.00 bits per heavy atom. The van der Waals surface area contributed by atoms with Gasteiger partial charge < -0.3 is 24.1 Å². The SMILES string of the molecule is C[C@H](NC(=O)OC(C)(C)C)C(=O)N(C)[C@H](Cc1ccc(O[Si](C)(C)C(C)(C)C)cc1)C(=O)OCc1ccccc1. The van der Waals surface area contributed by atoms with E-state index in [4.69, 9.17) is 13.9 Å². The van der Waals surface area contributed by atoms with Crippen LogP contribution in [0, 0.1) is 0 Å². The number of benzene rings is 2. The van der Waals surface area contributed by atoms with E-state index in [0.717, 1.165) is 16.9 Å². The number of alkyl carbamates (subject to hydrolysis) is 1. The average molecular weight is 571 g/mol. The summed E-state index contributed by atoms with van der Waals surface area (Å²) in [7, 11) is -0.461. The number of nitrogens with one attached hydrogen (secondary N) is 1. The van der Waals surface area contributed by atoms with Crippen LogP contribution in [-0.2, 0) is 32.1 Å². The third kappa shape index (κ3) is 10.0. The maximum absolute atomic E-state index is 13.3. The number of rotatable bonds is 10. The number of amides is 2. The van der Waals surface area contributed by atoms with Crippen molar-refractivity contribution in [1.82, 2.24) is 10.2 Å². The lowest BCUT2D eigenvalue weighted by Crippen LogP contribution is -2.52. The van der Waals surface area contributed by atoms with Gasteiger partial charge >= 0.3 is 12.1 Å². The number of hydrogen-bond donors (Lipinski definition) is 1. The van der Waals surface area contributed by atoms with E-state index in [1.807, 2.05) is 54.6 Å². The molecule has 0 aliphatic heterocycles. The molecule has 2 rings (SSSR count). The lowest BCUT2D eigenvalue weighted by Gasteiger charge is -2.36. The largest absolute Gasteiger partial charge is 0.544 e. The number of esters is 1. The fraction of sp³-hybridized carbons (Fsp3) is 0.516. The van der Waals surface area contributed by atoms with E-state index in [-0.39, 0.29) is 18.1 Å². The fourth-order valence-electron chi connectivity index (χ4n) is 3.57. The maximum Gasteiger partial charge on any atom is 0.408 e. The van der Waals surface area contributed by atoms with Crippen molar-refractivity contribution in [3.63, 3.8) is 0 Å². The predicted molar refractivity (Wildman–Crippen MR) is 160 cm³/mol. The van der Waals surface area contributed by atoms with Crippen LogP contribution in [0.5, 0.6) is 5.75 Å². The monoisotopic (exact) mass is 570 g/mol. The van der Waals surface area contributed by atoms with Gasteiger partial charge in [-0.15, -0.1) is 0 Å². The second-order valence-corrected chi connectivity index (χ2v) is 17.4. The summed E-state index contributed by atoms with van der Waals surface area (Å²) < 4.78 is 17.3. The average Bonchev–Trinajstić information content (AvgIpc) is 2.84. The summed E-state index contributed by atoms with van der Waals surface area (Å²) in [5.41, 5.74) is 0.982. The molecule has 2 amide bonds. The summed E-state index contributed by atoms with van der Waals surface area (Å²) in [5.74, 6) is -0.200. The van der Waals surface area contributed by atoms with E-state index < -0.39 is 44.0 Å². The van der Waals surface area contributed by atoms with Crippen LogP contribution in [0.2, 0.25) is 18.1 Å². The normalized spacial score (nSPS) is 13.6. The molecule has 220 valence electrons. The molecule has 2 aromatic rings. The number of carbonyl (C=O) groups is 3. The highest BCUT2D eigenvalue weighted by Gasteiger charge is 2.39. The molecule has 9 heteroatoms. The molecule has 0 heterocycles. The molecule has 0 aliphatic rings. The van der Waals surface area contributed by atoms with Crippen LogP contribution in [0.25, 0.3) is 0 Å². The minimum Gasteiger partial charge on any atom is -0.544 e. The van der Waals surface area contributed by atoms with Gasteiger partial charge in [-0.2, -0.15) is 0 Å². The molecular formula is C31H46N2O6Si. The number of likely N-dealkylation sites (N-methyl/N-ethyl adjacent to an activating group) is 1. The number of carbonyl (C=O) groups excluding carboxylic acids is 3. The van der Waals surface area contributed by atoms with Gasteiger partial charge in [0.1, 0.15) is 30.0 Å². The standard InChI is InChI=1S/C31H46N2O6Si/c1-22(32-29(36)38-30(2,3)4)27(34)33(8)26(28(35)37-21-24-14-12-11-13-15-24)20-23-16-18-25(19-17-23)39-40(9,10)31(5,6)7/h11-19,22,26H,20-21H2,1-10H3,(H,32,36)/t22-,26+/m0/s1. The van der Waals surface area contributed by atoms with Gasteiger partial charge in [0.15, 0.2) is 0 Å². The zero-order valence-corrected chi connectivity index (χ0v) is 26.7. The summed E-state index contributed by atoms with van der Waals surface area (Å²) >= 11 is 0. The molecule has 0 saturated heterocycles. The van der Waals surface area contributed by atoms with Gasteiger partial charge in [-0.1, -0.05) is 63.2 Å². The number of hydrogen-bond acceptors (Lipinski definition) is 6. The van der Waals surface area contributed by atoms with Crippen molar-refractivity contribution in [2.24, 2.45) is 0 Å². The van der Waals surface area contributed by atoms with E-state index in [1.54, 1.807) is 34.7 Å². The Balaban J connectivity index is 2.21. The van der Waals surface area contributed by atoms with Crippen LogP contribution < -0.4 is 9.74 Å². The van der Waals surface area contributed by atoms with E-state index in [0.29, 0.717) is 0 Å². The van der Waals surface area contributed by atoms with Crippen molar-refractivity contribution < 1.29 is 28.3 Å². The second-order valence-electron chi connectivity index (χ2n) is 12.6. The molecule has 40 heavy (non-hydrogen) atoms. The molecule has 0 unspecified atom stereocenters. The summed E-state index contributed by atoms with van der Waals surface area (Å²) in [4.78, 5) is 40.2. The van der Waals surface area contributed by atoms with Crippen molar-refractivity contribution in [2.75, 3.05) is 7.05 Å². The van der Waals surface area contributed by atoms with E-state index in [2.05, 4.69) is 39.2 Å². The summed E-state index contributed by atoms with van der Waals surface area (Å²) in [6, 6.07) is 15.1. The predicted octanol–water partition coefficient (Wildman–Crippen LogP) is 6.10. The van der Waals surface area contributed by atoms with Crippen LogP contribution in [-0.4, -0.2) is 55.9 Å². The van der Waals surface area contributed by atoms with Crippen LogP contribution >= 0.6 is 0 Å². The van der Waals surface area contributed by atoms with Gasteiger partial charge in [0.05, 0.1) is 0 Å². The molecule has 2 aromatic carbocycles. The molecule has 1 N–H and O–H groups in total.